The van der Waals surface area contributed by atoms with Gasteiger partial charge in [0.05, 0.1) is 0 Å². The second kappa shape index (κ2) is 8.89. The maximum Gasteiger partial charge on any atom is 0.0110 e. The predicted octanol–water partition coefficient (Wildman–Crippen LogP) is 1.98. The fourth-order valence-electron chi connectivity index (χ4n) is 3.33. The highest BCUT2D eigenvalue weighted by atomic mass is 15.2. The van der Waals surface area contributed by atoms with Crippen LogP contribution in [0, 0.1) is 0 Å². The zero-order valence-corrected chi connectivity index (χ0v) is 11.9. The van der Waals surface area contributed by atoms with Crippen LogP contribution < -0.4 is 10.6 Å². The van der Waals surface area contributed by atoms with Crippen LogP contribution in [0.5, 0.6) is 0 Å². The molecule has 0 amide bonds. The molecule has 0 aromatic carbocycles. The van der Waals surface area contributed by atoms with Crippen molar-refractivity contribution < 1.29 is 0 Å². The minimum absolute atomic E-state index is 0.852. The minimum atomic E-state index is 0.852. The van der Waals surface area contributed by atoms with Crippen LogP contribution in [0.3, 0.4) is 0 Å². The Morgan fingerprint density at radius 1 is 0.611 bits per heavy atom. The van der Waals surface area contributed by atoms with Gasteiger partial charge in [-0.05, 0) is 12.8 Å². The molecule has 2 aliphatic rings. The normalized spacial score (nSPS) is 27.3. The molecule has 1 aliphatic carbocycles. The van der Waals surface area contributed by atoms with Crippen molar-refractivity contribution >= 4 is 0 Å². The second-order valence-corrected chi connectivity index (χ2v) is 5.89. The third kappa shape index (κ3) is 5.25. The molecule has 0 radical (unpaired) electrons. The largest absolute Gasteiger partial charge is 0.314 e. The molecular weight excluding hydrogens is 222 g/mol. The molecule has 2 rings (SSSR count). The monoisotopic (exact) mass is 253 g/mol. The van der Waals surface area contributed by atoms with E-state index >= 15 is 0 Å². The van der Waals surface area contributed by atoms with E-state index in [-0.39, 0.29) is 0 Å². The first-order valence-electron chi connectivity index (χ1n) is 8.12. The molecule has 3 heteroatoms. The first kappa shape index (κ1) is 14.3. The van der Waals surface area contributed by atoms with Gasteiger partial charge in [-0.2, -0.15) is 0 Å². The van der Waals surface area contributed by atoms with Crippen LogP contribution >= 0.6 is 0 Å². The van der Waals surface area contributed by atoms with Crippen molar-refractivity contribution in [2.24, 2.45) is 0 Å². The lowest BCUT2D eigenvalue weighted by molar-refractivity contribution is 0.178. The zero-order valence-electron chi connectivity index (χ0n) is 11.9. The Morgan fingerprint density at radius 2 is 1.11 bits per heavy atom. The van der Waals surface area contributed by atoms with E-state index in [2.05, 4.69) is 15.5 Å². The van der Waals surface area contributed by atoms with Crippen molar-refractivity contribution in [1.82, 2.24) is 15.5 Å². The van der Waals surface area contributed by atoms with Crippen LogP contribution in [-0.2, 0) is 0 Å². The van der Waals surface area contributed by atoms with Crippen LogP contribution in [0.2, 0.25) is 0 Å². The minimum Gasteiger partial charge on any atom is -0.314 e. The predicted molar refractivity (Wildman–Crippen MR) is 78.0 cm³/mol. The molecule has 1 heterocycles. The highest BCUT2D eigenvalue weighted by Gasteiger charge is 2.18. The van der Waals surface area contributed by atoms with E-state index < -0.39 is 0 Å². The molecule has 1 aliphatic heterocycles. The van der Waals surface area contributed by atoms with Crippen molar-refractivity contribution in [2.75, 3.05) is 39.3 Å². The van der Waals surface area contributed by atoms with Gasteiger partial charge in [0, 0.05) is 45.3 Å². The summed E-state index contributed by atoms with van der Waals surface area (Å²) in [4.78, 5) is 2.75. The van der Waals surface area contributed by atoms with Crippen LogP contribution in [0.15, 0.2) is 0 Å². The average molecular weight is 253 g/mol. The van der Waals surface area contributed by atoms with Crippen LogP contribution in [0.25, 0.3) is 0 Å². The van der Waals surface area contributed by atoms with Crippen LogP contribution in [0.4, 0.5) is 0 Å². The highest BCUT2D eigenvalue weighted by molar-refractivity contribution is 4.76. The summed E-state index contributed by atoms with van der Waals surface area (Å²) >= 11 is 0. The lowest BCUT2D eigenvalue weighted by Gasteiger charge is -2.31. The molecule has 1 saturated heterocycles. The summed E-state index contributed by atoms with van der Waals surface area (Å²) in [6.07, 6.45) is 11.6. The van der Waals surface area contributed by atoms with Gasteiger partial charge in [0.1, 0.15) is 0 Å². The van der Waals surface area contributed by atoms with E-state index in [4.69, 9.17) is 0 Å². The van der Waals surface area contributed by atoms with E-state index in [1.807, 2.05) is 0 Å². The number of rotatable bonds is 1. The standard InChI is InChI=1S/C15H31N3/c1-2-4-6-8-15(7-5-3-1)18-13-11-16-9-10-17-12-14-18/h15-17H,1-14H2. The van der Waals surface area contributed by atoms with Crippen molar-refractivity contribution in [3.63, 3.8) is 0 Å². The summed E-state index contributed by atoms with van der Waals surface area (Å²) in [7, 11) is 0. The summed E-state index contributed by atoms with van der Waals surface area (Å²) < 4.78 is 0. The summed E-state index contributed by atoms with van der Waals surface area (Å²) in [6, 6.07) is 0.852. The van der Waals surface area contributed by atoms with Crippen LogP contribution in [-0.4, -0.2) is 50.2 Å². The number of hydrogen-bond acceptors (Lipinski definition) is 3. The topological polar surface area (TPSA) is 27.3 Å². The van der Waals surface area contributed by atoms with Crippen LogP contribution in [0.1, 0.15) is 51.4 Å². The fraction of sp³-hybridized carbons (Fsp3) is 1.00. The molecule has 1 saturated carbocycles. The molecule has 0 atom stereocenters. The van der Waals surface area contributed by atoms with Crippen molar-refractivity contribution in [3.05, 3.63) is 0 Å². The Kier molecular flexibility index (Phi) is 7.06. The maximum atomic E-state index is 3.53. The van der Waals surface area contributed by atoms with Gasteiger partial charge in [0.2, 0.25) is 0 Å². The molecule has 18 heavy (non-hydrogen) atoms. The average Bonchev–Trinajstić information content (AvgIpc) is 2.61. The van der Waals surface area contributed by atoms with Gasteiger partial charge in [0.15, 0.2) is 0 Å². The fourth-order valence-corrected chi connectivity index (χ4v) is 3.33. The summed E-state index contributed by atoms with van der Waals surface area (Å²) in [5.74, 6) is 0. The molecule has 0 bridgehead atoms. The van der Waals surface area contributed by atoms with E-state index in [1.54, 1.807) is 0 Å². The Labute approximate surface area is 113 Å². The Morgan fingerprint density at radius 3 is 1.67 bits per heavy atom. The second-order valence-electron chi connectivity index (χ2n) is 5.89. The van der Waals surface area contributed by atoms with E-state index in [0.717, 1.165) is 32.2 Å². The smallest absolute Gasteiger partial charge is 0.0110 e. The first-order valence-corrected chi connectivity index (χ1v) is 8.12. The molecule has 106 valence electrons. The Hall–Kier alpha value is -0.120. The van der Waals surface area contributed by atoms with Gasteiger partial charge in [-0.3, -0.25) is 4.90 Å². The molecule has 0 aromatic rings. The maximum absolute atomic E-state index is 3.53. The highest BCUT2D eigenvalue weighted by Crippen LogP contribution is 2.20. The Balaban J connectivity index is 1.83. The SMILES string of the molecule is C1CCCCC(N2CCNCCNCC2)CCC1. The molecule has 3 nitrogen and oxygen atoms in total. The van der Waals surface area contributed by atoms with Crippen molar-refractivity contribution in [1.29, 1.82) is 0 Å². The third-order valence-electron chi connectivity index (χ3n) is 4.47. The lowest BCUT2D eigenvalue weighted by Crippen LogP contribution is -2.41. The quantitative estimate of drug-likeness (QED) is 0.748. The molecule has 2 fully saturated rings. The summed E-state index contributed by atoms with van der Waals surface area (Å²) in [5, 5.41) is 7.06. The molecule has 0 unspecified atom stereocenters. The van der Waals surface area contributed by atoms with Gasteiger partial charge in [-0.1, -0.05) is 38.5 Å². The van der Waals surface area contributed by atoms with E-state index in [1.165, 1.54) is 64.5 Å². The molecule has 0 spiro atoms. The zero-order chi connectivity index (χ0) is 12.5. The first-order chi connectivity index (χ1) is 8.97. The van der Waals surface area contributed by atoms with Gasteiger partial charge in [-0.25, -0.2) is 0 Å². The van der Waals surface area contributed by atoms with Crippen molar-refractivity contribution in [2.45, 2.75) is 57.4 Å². The molecule has 0 aromatic heterocycles. The summed E-state index contributed by atoms with van der Waals surface area (Å²) in [6.45, 7) is 7.06. The van der Waals surface area contributed by atoms with Gasteiger partial charge in [-0.15, -0.1) is 0 Å². The van der Waals surface area contributed by atoms with Gasteiger partial charge >= 0.3 is 0 Å². The molecular formula is C15H31N3. The third-order valence-corrected chi connectivity index (χ3v) is 4.47. The number of nitrogens with one attached hydrogen (secondary N) is 2. The number of nitrogens with zero attached hydrogens (tertiary/aromatic N) is 1. The number of hydrogen-bond donors (Lipinski definition) is 2. The summed E-state index contributed by atoms with van der Waals surface area (Å²) in [5.41, 5.74) is 0. The van der Waals surface area contributed by atoms with Gasteiger partial charge < -0.3 is 10.6 Å². The van der Waals surface area contributed by atoms with E-state index in [0.29, 0.717) is 0 Å². The molecule has 2 N–H and O–H groups in total. The van der Waals surface area contributed by atoms with Gasteiger partial charge in [0.25, 0.3) is 0 Å². The van der Waals surface area contributed by atoms with E-state index in [9.17, 15) is 0 Å². The van der Waals surface area contributed by atoms with Crippen molar-refractivity contribution in [3.8, 4) is 0 Å². The Bertz CT molecular complexity index is 166. The lowest BCUT2D eigenvalue weighted by atomic mass is 10.0.